The Kier molecular flexibility index (Phi) is 3.28. The molecule has 0 saturated heterocycles. The van der Waals surface area contributed by atoms with Gasteiger partial charge in [0.05, 0.1) is 0 Å². The molecule has 1 unspecified atom stereocenters. The fraction of sp³-hybridized carbons (Fsp3) is 0.750. The van der Waals surface area contributed by atoms with Crippen LogP contribution >= 0.6 is 0 Å². The Bertz CT molecular complexity index is 330. The van der Waals surface area contributed by atoms with Gasteiger partial charge in [-0.05, 0) is 61.0 Å². The molecule has 0 heteroatoms. The molecule has 0 spiro atoms. The predicted octanol–water partition coefficient (Wildman–Crippen LogP) is 5.26. The maximum absolute atomic E-state index is 2.49. The average molecular weight is 218 g/mol. The number of hydrogen-bond donors (Lipinski definition) is 0. The molecule has 0 aromatic carbocycles. The summed E-state index contributed by atoms with van der Waals surface area (Å²) in [5.41, 5.74) is 5.80. The molecule has 0 heterocycles. The van der Waals surface area contributed by atoms with Gasteiger partial charge in [0.15, 0.2) is 0 Å². The van der Waals surface area contributed by atoms with E-state index in [4.69, 9.17) is 0 Å². The molecule has 1 atom stereocenters. The molecule has 0 radical (unpaired) electrons. The molecule has 0 saturated carbocycles. The molecule has 2 aliphatic rings. The van der Waals surface area contributed by atoms with E-state index in [1.54, 1.807) is 11.1 Å². The van der Waals surface area contributed by atoms with Gasteiger partial charge in [-0.25, -0.2) is 0 Å². The van der Waals surface area contributed by atoms with Gasteiger partial charge in [-0.2, -0.15) is 0 Å². The van der Waals surface area contributed by atoms with Crippen molar-refractivity contribution in [2.24, 2.45) is 11.3 Å². The lowest BCUT2D eigenvalue weighted by Gasteiger charge is -2.37. The summed E-state index contributed by atoms with van der Waals surface area (Å²) < 4.78 is 0. The Morgan fingerprint density at radius 3 is 2.56 bits per heavy atom. The third-order valence-electron chi connectivity index (χ3n) is 5.08. The van der Waals surface area contributed by atoms with Crippen LogP contribution in [0.3, 0.4) is 0 Å². The van der Waals surface area contributed by atoms with Crippen molar-refractivity contribution in [3.05, 3.63) is 22.8 Å². The van der Waals surface area contributed by atoms with Crippen molar-refractivity contribution in [3.8, 4) is 0 Å². The second kappa shape index (κ2) is 4.39. The van der Waals surface area contributed by atoms with Crippen molar-refractivity contribution in [1.29, 1.82) is 0 Å². The molecular formula is C16H26. The summed E-state index contributed by atoms with van der Waals surface area (Å²) in [5, 5.41) is 0. The van der Waals surface area contributed by atoms with Crippen LogP contribution in [0.25, 0.3) is 0 Å². The van der Waals surface area contributed by atoms with Crippen LogP contribution in [0.4, 0.5) is 0 Å². The van der Waals surface area contributed by atoms with E-state index in [2.05, 4.69) is 33.8 Å². The summed E-state index contributed by atoms with van der Waals surface area (Å²) in [6.45, 7) is 9.54. The Labute approximate surface area is 101 Å². The number of hydrogen-bond acceptors (Lipinski definition) is 0. The highest BCUT2D eigenvalue weighted by Crippen LogP contribution is 2.55. The average Bonchev–Trinajstić information content (AvgIpc) is 2.68. The van der Waals surface area contributed by atoms with Gasteiger partial charge in [0.25, 0.3) is 0 Å². The summed E-state index contributed by atoms with van der Waals surface area (Å²) in [6, 6.07) is 0. The highest BCUT2D eigenvalue weighted by molar-refractivity contribution is 5.45. The van der Waals surface area contributed by atoms with E-state index in [9.17, 15) is 0 Å². The van der Waals surface area contributed by atoms with E-state index in [0.29, 0.717) is 5.41 Å². The highest BCUT2D eigenvalue weighted by atomic mass is 14.5. The first-order valence-corrected chi connectivity index (χ1v) is 7.07. The molecule has 0 fully saturated rings. The first kappa shape index (κ1) is 12.0. The zero-order chi connectivity index (χ0) is 11.8. The molecular weight excluding hydrogens is 192 g/mol. The first-order chi connectivity index (χ1) is 7.65. The second-order valence-corrected chi connectivity index (χ2v) is 5.74. The Hall–Kier alpha value is -0.520. The smallest absolute Gasteiger partial charge is 0.00585 e. The van der Waals surface area contributed by atoms with E-state index in [1.165, 1.54) is 38.5 Å². The normalized spacial score (nSPS) is 29.7. The second-order valence-electron chi connectivity index (χ2n) is 5.74. The molecule has 0 aromatic rings. The van der Waals surface area contributed by atoms with Crippen LogP contribution in [-0.2, 0) is 0 Å². The number of allylic oxidation sites excluding steroid dienone is 4. The summed E-state index contributed by atoms with van der Waals surface area (Å²) in [6.07, 6.45) is 10.4. The minimum absolute atomic E-state index is 0.546. The minimum Gasteiger partial charge on any atom is -0.0807 e. The third-order valence-corrected chi connectivity index (χ3v) is 5.08. The lowest BCUT2D eigenvalue weighted by molar-refractivity contribution is 0.227. The van der Waals surface area contributed by atoms with Crippen LogP contribution in [0.1, 0.15) is 66.2 Å². The molecule has 2 rings (SSSR count). The molecule has 16 heavy (non-hydrogen) atoms. The minimum atomic E-state index is 0.546. The third kappa shape index (κ3) is 1.58. The van der Waals surface area contributed by atoms with E-state index in [1.807, 2.05) is 5.57 Å². The SMILES string of the molecule is CCC1=CCCC2=C1CCC2(CC)C(C)C. The maximum atomic E-state index is 2.49. The predicted molar refractivity (Wildman–Crippen MR) is 71.4 cm³/mol. The molecule has 0 aromatic heterocycles. The van der Waals surface area contributed by atoms with Gasteiger partial charge in [-0.15, -0.1) is 0 Å². The van der Waals surface area contributed by atoms with Crippen LogP contribution in [0, 0.1) is 11.3 Å². The molecule has 0 nitrogen and oxygen atoms in total. The molecule has 90 valence electrons. The molecule has 0 bridgehead atoms. The zero-order valence-corrected chi connectivity index (χ0v) is 11.4. The van der Waals surface area contributed by atoms with Crippen molar-refractivity contribution in [2.45, 2.75) is 66.2 Å². The van der Waals surface area contributed by atoms with Crippen molar-refractivity contribution < 1.29 is 0 Å². The van der Waals surface area contributed by atoms with Crippen LogP contribution in [0.2, 0.25) is 0 Å². The quantitative estimate of drug-likeness (QED) is 0.606. The van der Waals surface area contributed by atoms with Crippen LogP contribution in [0.5, 0.6) is 0 Å². The topological polar surface area (TPSA) is 0 Å². The monoisotopic (exact) mass is 218 g/mol. The van der Waals surface area contributed by atoms with Gasteiger partial charge in [0.2, 0.25) is 0 Å². The largest absolute Gasteiger partial charge is 0.0807 e. The molecule has 2 aliphatic carbocycles. The van der Waals surface area contributed by atoms with Crippen LogP contribution < -0.4 is 0 Å². The van der Waals surface area contributed by atoms with Gasteiger partial charge in [-0.1, -0.05) is 39.3 Å². The number of rotatable bonds is 3. The van der Waals surface area contributed by atoms with Crippen molar-refractivity contribution in [2.75, 3.05) is 0 Å². The van der Waals surface area contributed by atoms with E-state index >= 15 is 0 Å². The van der Waals surface area contributed by atoms with Crippen molar-refractivity contribution >= 4 is 0 Å². The maximum Gasteiger partial charge on any atom is -0.00585 e. The molecule has 0 aliphatic heterocycles. The van der Waals surface area contributed by atoms with Crippen LogP contribution in [0.15, 0.2) is 22.8 Å². The highest BCUT2D eigenvalue weighted by Gasteiger charge is 2.42. The lowest BCUT2D eigenvalue weighted by Crippen LogP contribution is -2.26. The molecule has 0 amide bonds. The first-order valence-electron chi connectivity index (χ1n) is 7.07. The lowest BCUT2D eigenvalue weighted by atomic mass is 9.68. The van der Waals surface area contributed by atoms with Gasteiger partial charge in [0, 0.05) is 0 Å². The summed E-state index contributed by atoms with van der Waals surface area (Å²) in [7, 11) is 0. The van der Waals surface area contributed by atoms with E-state index in [0.717, 1.165) is 5.92 Å². The summed E-state index contributed by atoms with van der Waals surface area (Å²) in [4.78, 5) is 0. The van der Waals surface area contributed by atoms with Gasteiger partial charge in [-0.3, -0.25) is 0 Å². The van der Waals surface area contributed by atoms with E-state index in [-0.39, 0.29) is 0 Å². The Balaban J connectivity index is 2.41. The Morgan fingerprint density at radius 1 is 1.25 bits per heavy atom. The van der Waals surface area contributed by atoms with E-state index < -0.39 is 0 Å². The van der Waals surface area contributed by atoms with Gasteiger partial charge >= 0.3 is 0 Å². The summed E-state index contributed by atoms with van der Waals surface area (Å²) >= 11 is 0. The molecule has 0 N–H and O–H groups in total. The zero-order valence-electron chi connectivity index (χ0n) is 11.4. The van der Waals surface area contributed by atoms with Gasteiger partial charge in [0.1, 0.15) is 0 Å². The van der Waals surface area contributed by atoms with Gasteiger partial charge < -0.3 is 0 Å². The van der Waals surface area contributed by atoms with Crippen LogP contribution in [-0.4, -0.2) is 0 Å². The summed E-state index contributed by atoms with van der Waals surface area (Å²) in [5.74, 6) is 0.807. The Morgan fingerprint density at radius 2 is 2.00 bits per heavy atom. The fourth-order valence-electron chi connectivity index (χ4n) is 4.01. The van der Waals surface area contributed by atoms with Crippen molar-refractivity contribution in [1.82, 2.24) is 0 Å². The van der Waals surface area contributed by atoms with Crippen molar-refractivity contribution in [3.63, 3.8) is 0 Å². The standard InChI is InChI=1S/C16H26/c1-5-13-8-7-9-15-14(13)10-11-16(15,6-2)12(3)4/h8,12H,5-7,9-11H2,1-4H3. The fourth-order valence-corrected chi connectivity index (χ4v) is 4.01.